The molecule has 4 heteroatoms. The molecule has 1 aromatic heterocycles. The first-order chi connectivity index (χ1) is 6.15. The van der Waals surface area contributed by atoms with Gasteiger partial charge in [0.2, 0.25) is 0 Å². The molecule has 0 fully saturated rings. The molecule has 13 heavy (non-hydrogen) atoms. The van der Waals surface area contributed by atoms with Gasteiger partial charge in [0.05, 0.1) is 6.04 Å². The molecule has 0 spiro atoms. The minimum Gasteiger partial charge on any atom is -0.337 e. The van der Waals surface area contributed by atoms with Crippen molar-refractivity contribution in [3.8, 4) is 0 Å². The maximum absolute atomic E-state index is 5.48. The molecule has 0 saturated carbocycles. The van der Waals surface area contributed by atoms with Crippen LogP contribution in [0.5, 0.6) is 0 Å². The largest absolute Gasteiger partial charge is 0.337 e. The van der Waals surface area contributed by atoms with Crippen molar-refractivity contribution in [3.05, 3.63) is 18.2 Å². The van der Waals surface area contributed by atoms with E-state index < -0.39 is 0 Å². The summed E-state index contributed by atoms with van der Waals surface area (Å²) in [5, 5.41) is 0. The average Bonchev–Trinajstić information content (AvgIpc) is 2.47. The second kappa shape index (κ2) is 4.39. The molecule has 0 aliphatic heterocycles. The van der Waals surface area contributed by atoms with Gasteiger partial charge in [-0.1, -0.05) is 13.8 Å². The molecule has 1 heterocycles. The topological polar surface area (TPSA) is 55.9 Å². The molecule has 0 aliphatic carbocycles. The van der Waals surface area contributed by atoms with Crippen molar-refractivity contribution < 1.29 is 0 Å². The van der Waals surface area contributed by atoms with Gasteiger partial charge >= 0.3 is 0 Å². The van der Waals surface area contributed by atoms with Crippen LogP contribution in [-0.2, 0) is 7.05 Å². The van der Waals surface area contributed by atoms with E-state index in [4.69, 9.17) is 5.84 Å². The summed E-state index contributed by atoms with van der Waals surface area (Å²) in [6.07, 6.45) is 4.72. The average molecular weight is 182 g/mol. The van der Waals surface area contributed by atoms with E-state index in [-0.39, 0.29) is 6.04 Å². The minimum atomic E-state index is 0.153. The van der Waals surface area contributed by atoms with Gasteiger partial charge in [0.25, 0.3) is 0 Å². The monoisotopic (exact) mass is 182 g/mol. The van der Waals surface area contributed by atoms with E-state index in [1.54, 1.807) is 6.20 Å². The molecule has 3 N–H and O–H groups in total. The Balaban J connectivity index is 2.72. The molecular weight excluding hydrogens is 164 g/mol. The standard InChI is InChI=1S/C9H18N4/c1-7(2)6-8(12-10)9-11-4-5-13(9)3/h4-5,7-8,12H,6,10H2,1-3H3. The van der Waals surface area contributed by atoms with E-state index >= 15 is 0 Å². The Labute approximate surface area is 79.1 Å². The number of aryl methyl sites for hydroxylation is 1. The predicted octanol–water partition coefficient (Wildman–Crippen LogP) is 0.971. The summed E-state index contributed by atoms with van der Waals surface area (Å²) in [6.45, 7) is 4.35. The summed E-state index contributed by atoms with van der Waals surface area (Å²) in [4.78, 5) is 4.26. The van der Waals surface area contributed by atoms with E-state index in [9.17, 15) is 0 Å². The molecule has 0 aromatic carbocycles. The molecule has 0 bridgehead atoms. The lowest BCUT2D eigenvalue weighted by Crippen LogP contribution is -2.30. The highest BCUT2D eigenvalue weighted by atomic mass is 15.3. The Morgan fingerprint density at radius 3 is 2.69 bits per heavy atom. The van der Waals surface area contributed by atoms with Crippen molar-refractivity contribution in [2.75, 3.05) is 0 Å². The van der Waals surface area contributed by atoms with Crippen molar-refractivity contribution in [3.63, 3.8) is 0 Å². The number of hydrogen-bond acceptors (Lipinski definition) is 3. The number of nitrogens with zero attached hydrogens (tertiary/aromatic N) is 2. The van der Waals surface area contributed by atoms with Gasteiger partial charge in [-0.25, -0.2) is 10.4 Å². The maximum Gasteiger partial charge on any atom is 0.126 e. The van der Waals surface area contributed by atoms with Crippen molar-refractivity contribution in [1.82, 2.24) is 15.0 Å². The van der Waals surface area contributed by atoms with Crippen LogP contribution in [0.15, 0.2) is 12.4 Å². The van der Waals surface area contributed by atoms with Crippen LogP contribution in [0.2, 0.25) is 0 Å². The number of rotatable bonds is 4. The van der Waals surface area contributed by atoms with Gasteiger partial charge in [-0.3, -0.25) is 5.84 Å². The summed E-state index contributed by atoms with van der Waals surface area (Å²) in [6, 6.07) is 0.153. The highest BCUT2D eigenvalue weighted by Crippen LogP contribution is 2.17. The van der Waals surface area contributed by atoms with Gasteiger partial charge in [0, 0.05) is 19.4 Å². The van der Waals surface area contributed by atoms with Gasteiger partial charge in [0.15, 0.2) is 0 Å². The van der Waals surface area contributed by atoms with Crippen molar-refractivity contribution in [1.29, 1.82) is 0 Å². The minimum absolute atomic E-state index is 0.153. The van der Waals surface area contributed by atoms with Gasteiger partial charge < -0.3 is 4.57 Å². The van der Waals surface area contributed by atoms with Crippen LogP contribution in [0.25, 0.3) is 0 Å². The van der Waals surface area contributed by atoms with Gasteiger partial charge in [-0.05, 0) is 12.3 Å². The Kier molecular flexibility index (Phi) is 3.45. The number of imidazole rings is 1. The molecule has 1 unspecified atom stereocenters. The van der Waals surface area contributed by atoms with E-state index in [0.717, 1.165) is 12.2 Å². The van der Waals surface area contributed by atoms with Crippen LogP contribution in [-0.4, -0.2) is 9.55 Å². The Morgan fingerprint density at radius 1 is 1.62 bits per heavy atom. The van der Waals surface area contributed by atoms with E-state index in [0.29, 0.717) is 5.92 Å². The smallest absolute Gasteiger partial charge is 0.126 e. The first-order valence-electron chi connectivity index (χ1n) is 4.58. The van der Waals surface area contributed by atoms with Gasteiger partial charge in [-0.2, -0.15) is 0 Å². The highest BCUT2D eigenvalue weighted by Gasteiger charge is 2.15. The molecule has 1 aromatic rings. The molecule has 0 saturated heterocycles. The Morgan fingerprint density at radius 2 is 2.31 bits per heavy atom. The molecule has 1 atom stereocenters. The number of hydrazine groups is 1. The van der Waals surface area contributed by atoms with Crippen LogP contribution in [0.4, 0.5) is 0 Å². The third kappa shape index (κ3) is 2.54. The number of hydrogen-bond donors (Lipinski definition) is 2. The van der Waals surface area contributed by atoms with Crippen molar-refractivity contribution in [2.24, 2.45) is 18.8 Å². The van der Waals surface area contributed by atoms with E-state index in [1.807, 2.05) is 17.8 Å². The van der Waals surface area contributed by atoms with Crippen LogP contribution < -0.4 is 11.3 Å². The number of nitrogens with two attached hydrogens (primary N) is 1. The molecule has 0 aliphatic rings. The zero-order valence-electron chi connectivity index (χ0n) is 8.49. The maximum atomic E-state index is 5.48. The van der Waals surface area contributed by atoms with Crippen molar-refractivity contribution >= 4 is 0 Å². The van der Waals surface area contributed by atoms with Crippen LogP contribution in [0.3, 0.4) is 0 Å². The molecule has 4 nitrogen and oxygen atoms in total. The van der Waals surface area contributed by atoms with E-state index in [1.165, 1.54) is 0 Å². The second-order valence-corrected chi connectivity index (χ2v) is 3.75. The fraction of sp³-hybridized carbons (Fsp3) is 0.667. The summed E-state index contributed by atoms with van der Waals surface area (Å²) < 4.78 is 1.99. The fourth-order valence-corrected chi connectivity index (χ4v) is 1.43. The molecule has 0 amide bonds. The van der Waals surface area contributed by atoms with Crippen LogP contribution >= 0.6 is 0 Å². The highest BCUT2D eigenvalue weighted by molar-refractivity contribution is 4.98. The quantitative estimate of drug-likeness (QED) is 0.539. The number of nitrogens with one attached hydrogen (secondary N) is 1. The first-order valence-corrected chi connectivity index (χ1v) is 4.58. The summed E-state index contributed by atoms with van der Waals surface area (Å²) in [5.74, 6) is 7.08. The SMILES string of the molecule is CC(C)CC(NN)c1nccn1C. The fourth-order valence-electron chi connectivity index (χ4n) is 1.43. The molecule has 0 radical (unpaired) electrons. The third-order valence-electron chi connectivity index (χ3n) is 2.08. The molecule has 74 valence electrons. The van der Waals surface area contributed by atoms with Gasteiger partial charge in [-0.15, -0.1) is 0 Å². The number of aromatic nitrogens is 2. The van der Waals surface area contributed by atoms with E-state index in [2.05, 4.69) is 24.3 Å². The Hall–Kier alpha value is -0.870. The third-order valence-corrected chi connectivity index (χ3v) is 2.08. The summed E-state index contributed by atoms with van der Waals surface area (Å²) in [5.41, 5.74) is 2.79. The van der Waals surface area contributed by atoms with Crippen LogP contribution in [0, 0.1) is 5.92 Å². The van der Waals surface area contributed by atoms with Crippen LogP contribution in [0.1, 0.15) is 32.1 Å². The normalized spacial score (nSPS) is 13.6. The first kappa shape index (κ1) is 10.2. The zero-order chi connectivity index (χ0) is 9.84. The van der Waals surface area contributed by atoms with Crippen molar-refractivity contribution in [2.45, 2.75) is 26.3 Å². The summed E-state index contributed by atoms with van der Waals surface area (Å²) in [7, 11) is 1.98. The Bertz CT molecular complexity index is 254. The molecular formula is C9H18N4. The lowest BCUT2D eigenvalue weighted by Gasteiger charge is -2.17. The second-order valence-electron chi connectivity index (χ2n) is 3.75. The molecule has 1 rings (SSSR count). The zero-order valence-corrected chi connectivity index (χ0v) is 8.49. The predicted molar refractivity (Wildman–Crippen MR) is 52.7 cm³/mol. The lowest BCUT2D eigenvalue weighted by atomic mass is 10.0. The lowest BCUT2D eigenvalue weighted by molar-refractivity contribution is 0.414. The van der Waals surface area contributed by atoms with Gasteiger partial charge in [0.1, 0.15) is 5.82 Å². The summed E-state index contributed by atoms with van der Waals surface area (Å²) >= 11 is 0.